The van der Waals surface area contributed by atoms with Crippen molar-refractivity contribution in [1.82, 2.24) is 10.6 Å². The van der Waals surface area contributed by atoms with E-state index in [1.165, 1.54) is 0 Å². The first kappa shape index (κ1) is 16.5. The molecular formula is C14H20BrN3O2. The molecule has 0 aliphatic heterocycles. The first-order chi connectivity index (χ1) is 9.43. The number of benzene rings is 1. The van der Waals surface area contributed by atoms with Gasteiger partial charge in [-0.25, -0.2) is 0 Å². The summed E-state index contributed by atoms with van der Waals surface area (Å²) in [4.78, 5) is 23.5. The van der Waals surface area contributed by atoms with Gasteiger partial charge in [0, 0.05) is 29.2 Å². The molecule has 0 radical (unpaired) electrons. The van der Waals surface area contributed by atoms with Gasteiger partial charge in [-0.2, -0.15) is 0 Å². The largest absolute Gasteiger partial charge is 0.399 e. The molecule has 0 aliphatic carbocycles. The molecule has 0 aromatic heterocycles. The molecule has 2 amide bonds. The second kappa shape index (κ2) is 7.89. The van der Waals surface area contributed by atoms with E-state index in [-0.39, 0.29) is 24.3 Å². The molecule has 0 fully saturated rings. The molecule has 1 rings (SSSR count). The first-order valence-corrected chi connectivity index (χ1v) is 7.36. The zero-order chi connectivity index (χ0) is 15.1. The molecule has 1 aromatic carbocycles. The maximum Gasteiger partial charge on any atom is 0.252 e. The van der Waals surface area contributed by atoms with Gasteiger partial charge in [0.2, 0.25) is 5.91 Å². The first-order valence-electron chi connectivity index (χ1n) is 6.56. The minimum Gasteiger partial charge on any atom is -0.399 e. The number of halogens is 1. The maximum absolute atomic E-state index is 11.9. The summed E-state index contributed by atoms with van der Waals surface area (Å²) in [6.07, 6.45) is 1.14. The fraction of sp³-hybridized carbons (Fsp3) is 0.429. The second-order valence-corrected chi connectivity index (χ2v) is 5.48. The van der Waals surface area contributed by atoms with Crippen molar-refractivity contribution in [2.24, 2.45) is 0 Å². The fourth-order valence-electron chi connectivity index (χ4n) is 1.55. The van der Waals surface area contributed by atoms with Crippen molar-refractivity contribution in [3.8, 4) is 0 Å². The number of nitrogen functional groups attached to an aromatic ring is 1. The smallest absolute Gasteiger partial charge is 0.252 e. The molecule has 20 heavy (non-hydrogen) atoms. The van der Waals surface area contributed by atoms with E-state index >= 15 is 0 Å². The SMILES string of the molecule is CCC(C)NC(=O)CCNC(=O)c1cc(N)ccc1Br. The van der Waals surface area contributed by atoms with Crippen LogP contribution in [0.1, 0.15) is 37.0 Å². The van der Waals surface area contributed by atoms with Crippen LogP contribution in [-0.4, -0.2) is 24.4 Å². The van der Waals surface area contributed by atoms with Gasteiger partial charge in [-0.05, 0) is 47.5 Å². The molecule has 5 nitrogen and oxygen atoms in total. The van der Waals surface area contributed by atoms with E-state index in [0.29, 0.717) is 22.3 Å². The number of hydrogen-bond donors (Lipinski definition) is 3. The molecule has 0 heterocycles. The Labute approximate surface area is 127 Å². The number of nitrogens with two attached hydrogens (primary N) is 1. The van der Waals surface area contributed by atoms with Gasteiger partial charge in [-0.1, -0.05) is 6.92 Å². The predicted molar refractivity (Wildman–Crippen MR) is 83.4 cm³/mol. The second-order valence-electron chi connectivity index (χ2n) is 4.62. The Balaban J connectivity index is 2.44. The molecule has 1 unspecified atom stereocenters. The highest BCUT2D eigenvalue weighted by Gasteiger charge is 2.11. The highest BCUT2D eigenvalue weighted by atomic mass is 79.9. The topological polar surface area (TPSA) is 84.2 Å². The van der Waals surface area contributed by atoms with Crippen molar-refractivity contribution in [2.45, 2.75) is 32.7 Å². The molecule has 0 saturated heterocycles. The van der Waals surface area contributed by atoms with Crippen LogP contribution < -0.4 is 16.4 Å². The molecule has 0 saturated carbocycles. The van der Waals surface area contributed by atoms with Gasteiger partial charge in [0.05, 0.1) is 5.56 Å². The zero-order valence-corrected chi connectivity index (χ0v) is 13.3. The number of hydrogen-bond acceptors (Lipinski definition) is 3. The molecule has 6 heteroatoms. The van der Waals surface area contributed by atoms with Gasteiger partial charge in [0.1, 0.15) is 0 Å². The third kappa shape index (κ3) is 5.21. The van der Waals surface area contributed by atoms with E-state index in [1.54, 1.807) is 18.2 Å². The van der Waals surface area contributed by atoms with Crippen LogP contribution in [0.2, 0.25) is 0 Å². The quantitative estimate of drug-likeness (QED) is 0.692. The van der Waals surface area contributed by atoms with E-state index in [1.807, 2.05) is 13.8 Å². The van der Waals surface area contributed by atoms with Crippen molar-refractivity contribution in [2.75, 3.05) is 12.3 Å². The number of rotatable bonds is 6. The molecule has 0 aliphatic rings. The highest BCUT2D eigenvalue weighted by molar-refractivity contribution is 9.10. The van der Waals surface area contributed by atoms with Crippen LogP contribution in [-0.2, 0) is 4.79 Å². The van der Waals surface area contributed by atoms with Gasteiger partial charge in [-0.15, -0.1) is 0 Å². The van der Waals surface area contributed by atoms with Gasteiger partial charge in [-0.3, -0.25) is 9.59 Å². The van der Waals surface area contributed by atoms with Crippen LogP contribution in [0.5, 0.6) is 0 Å². The Hall–Kier alpha value is -1.56. The van der Waals surface area contributed by atoms with Crippen molar-refractivity contribution in [3.05, 3.63) is 28.2 Å². The number of carbonyl (C=O) groups is 2. The molecule has 4 N–H and O–H groups in total. The Morgan fingerprint density at radius 3 is 2.75 bits per heavy atom. The van der Waals surface area contributed by atoms with Crippen LogP contribution in [0, 0.1) is 0 Å². The summed E-state index contributed by atoms with van der Waals surface area (Å²) in [6, 6.07) is 5.18. The average Bonchev–Trinajstić information content (AvgIpc) is 2.41. The average molecular weight is 342 g/mol. The summed E-state index contributed by atoms with van der Waals surface area (Å²) in [5.74, 6) is -0.313. The van der Waals surface area contributed by atoms with Crippen molar-refractivity contribution in [1.29, 1.82) is 0 Å². The predicted octanol–water partition coefficient (Wildman–Crippen LogP) is 2.07. The monoisotopic (exact) mass is 341 g/mol. The molecule has 1 atom stereocenters. The number of amides is 2. The number of carbonyl (C=O) groups excluding carboxylic acids is 2. The number of anilines is 1. The summed E-state index contributed by atoms with van der Waals surface area (Å²) < 4.78 is 0.674. The molecule has 1 aromatic rings. The van der Waals surface area contributed by atoms with Crippen LogP contribution in [0.15, 0.2) is 22.7 Å². The van der Waals surface area contributed by atoms with Crippen molar-refractivity contribution in [3.63, 3.8) is 0 Å². The lowest BCUT2D eigenvalue weighted by molar-refractivity contribution is -0.121. The Kier molecular flexibility index (Phi) is 6.51. The van der Waals surface area contributed by atoms with Crippen molar-refractivity contribution < 1.29 is 9.59 Å². The lowest BCUT2D eigenvalue weighted by Gasteiger charge is -2.12. The Morgan fingerprint density at radius 2 is 2.10 bits per heavy atom. The molecule has 0 bridgehead atoms. The van der Waals surface area contributed by atoms with Crippen LogP contribution in [0.4, 0.5) is 5.69 Å². The Morgan fingerprint density at radius 1 is 1.40 bits per heavy atom. The molecule has 0 spiro atoms. The van der Waals surface area contributed by atoms with Gasteiger partial charge in [0.25, 0.3) is 5.91 Å². The standard InChI is InChI=1S/C14H20BrN3O2/c1-3-9(2)18-13(19)6-7-17-14(20)11-8-10(16)4-5-12(11)15/h4-5,8-9H,3,6-7,16H2,1-2H3,(H,17,20)(H,18,19). The summed E-state index contributed by atoms with van der Waals surface area (Å²) in [6.45, 7) is 4.24. The lowest BCUT2D eigenvalue weighted by Crippen LogP contribution is -2.35. The summed E-state index contributed by atoms with van der Waals surface area (Å²) in [5, 5.41) is 5.55. The zero-order valence-electron chi connectivity index (χ0n) is 11.7. The minimum absolute atomic E-state index is 0.0636. The summed E-state index contributed by atoms with van der Waals surface area (Å²) >= 11 is 3.30. The molecule has 110 valence electrons. The number of nitrogens with one attached hydrogen (secondary N) is 2. The van der Waals surface area contributed by atoms with Gasteiger partial charge in [0.15, 0.2) is 0 Å². The lowest BCUT2D eigenvalue weighted by atomic mass is 10.2. The summed E-state index contributed by atoms with van der Waals surface area (Å²) in [7, 11) is 0. The molecular weight excluding hydrogens is 322 g/mol. The minimum atomic E-state index is -0.250. The van der Waals surface area contributed by atoms with E-state index in [2.05, 4.69) is 26.6 Å². The maximum atomic E-state index is 11.9. The third-order valence-electron chi connectivity index (χ3n) is 2.89. The third-order valence-corrected chi connectivity index (χ3v) is 3.58. The van der Waals surface area contributed by atoms with E-state index in [4.69, 9.17) is 5.73 Å². The van der Waals surface area contributed by atoms with Gasteiger partial charge >= 0.3 is 0 Å². The van der Waals surface area contributed by atoms with E-state index in [9.17, 15) is 9.59 Å². The van der Waals surface area contributed by atoms with Crippen LogP contribution in [0.3, 0.4) is 0 Å². The van der Waals surface area contributed by atoms with Crippen LogP contribution >= 0.6 is 15.9 Å². The fourth-order valence-corrected chi connectivity index (χ4v) is 1.98. The van der Waals surface area contributed by atoms with Crippen LogP contribution in [0.25, 0.3) is 0 Å². The van der Waals surface area contributed by atoms with Gasteiger partial charge < -0.3 is 16.4 Å². The van der Waals surface area contributed by atoms with E-state index in [0.717, 1.165) is 6.42 Å². The van der Waals surface area contributed by atoms with E-state index < -0.39 is 0 Å². The normalized spacial score (nSPS) is 11.8. The Bertz CT molecular complexity index is 491. The highest BCUT2D eigenvalue weighted by Crippen LogP contribution is 2.19. The summed E-state index contributed by atoms with van der Waals surface area (Å²) in [5.41, 5.74) is 6.63. The van der Waals surface area contributed by atoms with Crippen molar-refractivity contribution >= 4 is 33.4 Å².